The van der Waals surface area contributed by atoms with Crippen molar-refractivity contribution < 1.29 is 4.79 Å². The first-order chi connectivity index (χ1) is 7.68. The van der Waals surface area contributed by atoms with Crippen LogP contribution in [0.2, 0.25) is 0 Å². The Bertz CT molecular complexity index is 254. The second kappa shape index (κ2) is 5.17. The molecule has 1 N–H and O–H groups in total. The lowest BCUT2D eigenvalue weighted by Gasteiger charge is -2.38. The van der Waals surface area contributed by atoms with Crippen LogP contribution in [0.15, 0.2) is 0 Å². The first kappa shape index (κ1) is 11.9. The fourth-order valence-corrected chi connectivity index (χ4v) is 3.02. The molecule has 92 valence electrons. The van der Waals surface area contributed by atoms with E-state index in [4.69, 9.17) is 0 Å². The van der Waals surface area contributed by atoms with Gasteiger partial charge in [0.25, 0.3) is 0 Å². The zero-order valence-electron chi connectivity index (χ0n) is 10.5. The monoisotopic (exact) mass is 224 g/mol. The highest BCUT2D eigenvalue weighted by Crippen LogP contribution is 2.24. The third-order valence-electron chi connectivity index (χ3n) is 4.06. The van der Waals surface area contributed by atoms with E-state index in [2.05, 4.69) is 24.1 Å². The molecule has 3 unspecified atom stereocenters. The van der Waals surface area contributed by atoms with Gasteiger partial charge in [-0.1, -0.05) is 0 Å². The molecule has 0 aromatic rings. The molecule has 3 atom stereocenters. The van der Waals surface area contributed by atoms with Crippen LogP contribution in [0.5, 0.6) is 0 Å². The molecule has 3 heteroatoms. The molecule has 0 aromatic heterocycles. The van der Waals surface area contributed by atoms with Crippen LogP contribution in [0.1, 0.15) is 46.0 Å². The maximum absolute atomic E-state index is 12.4. The molecule has 0 radical (unpaired) electrons. The Kier molecular flexibility index (Phi) is 3.85. The lowest BCUT2D eigenvalue weighted by atomic mass is 9.90. The van der Waals surface area contributed by atoms with Gasteiger partial charge in [0.05, 0.1) is 0 Å². The molecule has 2 fully saturated rings. The second-order valence-corrected chi connectivity index (χ2v) is 5.45. The first-order valence-corrected chi connectivity index (χ1v) is 6.72. The van der Waals surface area contributed by atoms with Crippen LogP contribution in [0.25, 0.3) is 0 Å². The van der Waals surface area contributed by atoms with Crippen LogP contribution >= 0.6 is 0 Å². The highest BCUT2D eigenvalue weighted by molar-refractivity contribution is 5.79. The van der Waals surface area contributed by atoms with Gasteiger partial charge >= 0.3 is 0 Å². The van der Waals surface area contributed by atoms with Crippen LogP contribution in [0.4, 0.5) is 0 Å². The molecule has 16 heavy (non-hydrogen) atoms. The molecule has 2 saturated heterocycles. The fourth-order valence-electron chi connectivity index (χ4n) is 3.02. The van der Waals surface area contributed by atoms with E-state index in [0.29, 0.717) is 18.0 Å². The fraction of sp³-hybridized carbons (Fsp3) is 0.923. The molecule has 2 aliphatic rings. The van der Waals surface area contributed by atoms with Crippen molar-refractivity contribution in [2.45, 2.75) is 58.0 Å². The third-order valence-corrected chi connectivity index (χ3v) is 4.06. The molecule has 0 saturated carbocycles. The van der Waals surface area contributed by atoms with E-state index in [9.17, 15) is 4.79 Å². The van der Waals surface area contributed by atoms with E-state index in [1.54, 1.807) is 0 Å². The molecule has 0 aromatic carbocycles. The lowest BCUT2D eigenvalue weighted by Crippen LogP contribution is -2.48. The van der Waals surface area contributed by atoms with Gasteiger partial charge in [0.2, 0.25) is 5.91 Å². The summed E-state index contributed by atoms with van der Waals surface area (Å²) < 4.78 is 0. The largest absolute Gasteiger partial charge is 0.340 e. The molecule has 0 spiro atoms. The zero-order chi connectivity index (χ0) is 11.5. The number of carbonyl (C=O) groups excluding carboxylic acids is 1. The number of nitrogens with one attached hydrogen (secondary N) is 1. The van der Waals surface area contributed by atoms with Crippen molar-refractivity contribution in [1.29, 1.82) is 0 Å². The molecule has 1 amide bonds. The summed E-state index contributed by atoms with van der Waals surface area (Å²) in [6.45, 7) is 6.36. The Hall–Kier alpha value is -0.570. The Balaban J connectivity index is 1.94. The highest BCUT2D eigenvalue weighted by Gasteiger charge is 2.31. The minimum atomic E-state index is 0.275. The van der Waals surface area contributed by atoms with Crippen molar-refractivity contribution in [1.82, 2.24) is 10.2 Å². The topological polar surface area (TPSA) is 32.3 Å². The number of nitrogens with zero attached hydrogens (tertiary/aromatic N) is 1. The molecule has 2 aliphatic heterocycles. The van der Waals surface area contributed by atoms with Crippen LogP contribution in [0.3, 0.4) is 0 Å². The molecule has 2 heterocycles. The van der Waals surface area contributed by atoms with Gasteiger partial charge in [-0.2, -0.15) is 0 Å². The van der Waals surface area contributed by atoms with Crippen molar-refractivity contribution in [3.63, 3.8) is 0 Å². The maximum Gasteiger partial charge on any atom is 0.226 e. The molecule has 2 rings (SSSR count). The Morgan fingerprint density at radius 2 is 2.06 bits per heavy atom. The standard InChI is InChI=1S/C13H24N2O/c1-10-9-12(6-7-14-10)13(16)15-8-4-3-5-11(15)2/h10-12,14H,3-9H2,1-2H3. The number of rotatable bonds is 1. The summed E-state index contributed by atoms with van der Waals surface area (Å²) in [5.41, 5.74) is 0. The van der Waals surface area contributed by atoms with Crippen molar-refractivity contribution in [3.8, 4) is 0 Å². The molecular weight excluding hydrogens is 200 g/mol. The number of hydrogen-bond acceptors (Lipinski definition) is 2. The summed E-state index contributed by atoms with van der Waals surface area (Å²) >= 11 is 0. The summed E-state index contributed by atoms with van der Waals surface area (Å²) in [5.74, 6) is 0.692. The van der Waals surface area contributed by atoms with Gasteiger partial charge in [0.15, 0.2) is 0 Å². The molecule has 0 aliphatic carbocycles. The first-order valence-electron chi connectivity index (χ1n) is 6.72. The minimum Gasteiger partial charge on any atom is -0.340 e. The summed E-state index contributed by atoms with van der Waals surface area (Å²) in [5, 5.41) is 3.41. The Morgan fingerprint density at radius 3 is 2.75 bits per heavy atom. The SMILES string of the molecule is CC1CC(C(=O)N2CCCCC2C)CCN1. The zero-order valence-corrected chi connectivity index (χ0v) is 10.5. The van der Waals surface area contributed by atoms with Gasteiger partial charge in [0.1, 0.15) is 0 Å². The Morgan fingerprint density at radius 1 is 1.25 bits per heavy atom. The van der Waals surface area contributed by atoms with E-state index >= 15 is 0 Å². The predicted octanol–water partition coefficient (Wildman–Crippen LogP) is 1.78. The van der Waals surface area contributed by atoms with Crippen LogP contribution in [0, 0.1) is 5.92 Å². The van der Waals surface area contributed by atoms with Crippen molar-refractivity contribution in [3.05, 3.63) is 0 Å². The number of amides is 1. The second-order valence-electron chi connectivity index (χ2n) is 5.45. The number of carbonyl (C=O) groups is 1. The smallest absolute Gasteiger partial charge is 0.226 e. The van der Waals surface area contributed by atoms with Crippen LogP contribution < -0.4 is 5.32 Å². The predicted molar refractivity (Wildman–Crippen MR) is 65.2 cm³/mol. The quantitative estimate of drug-likeness (QED) is 0.736. The van der Waals surface area contributed by atoms with E-state index in [0.717, 1.165) is 25.9 Å². The van der Waals surface area contributed by atoms with Crippen LogP contribution in [-0.2, 0) is 4.79 Å². The number of piperidine rings is 2. The maximum atomic E-state index is 12.4. The van der Waals surface area contributed by atoms with Gasteiger partial charge in [-0.05, 0) is 52.5 Å². The van der Waals surface area contributed by atoms with Crippen LogP contribution in [-0.4, -0.2) is 36.0 Å². The van der Waals surface area contributed by atoms with Crippen molar-refractivity contribution in [2.24, 2.45) is 5.92 Å². The van der Waals surface area contributed by atoms with E-state index < -0.39 is 0 Å². The number of likely N-dealkylation sites (tertiary alicyclic amines) is 1. The summed E-state index contributed by atoms with van der Waals surface area (Å²) in [6.07, 6.45) is 5.70. The van der Waals surface area contributed by atoms with Gasteiger partial charge < -0.3 is 10.2 Å². The lowest BCUT2D eigenvalue weighted by molar-refractivity contribution is -0.140. The molecule has 0 bridgehead atoms. The van der Waals surface area contributed by atoms with Gasteiger partial charge in [0, 0.05) is 24.5 Å². The summed E-state index contributed by atoms with van der Waals surface area (Å²) in [4.78, 5) is 14.5. The van der Waals surface area contributed by atoms with E-state index in [1.165, 1.54) is 19.3 Å². The van der Waals surface area contributed by atoms with Crippen molar-refractivity contribution >= 4 is 5.91 Å². The highest BCUT2D eigenvalue weighted by atomic mass is 16.2. The average molecular weight is 224 g/mol. The van der Waals surface area contributed by atoms with E-state index in [-0.39, 0.29) is 5.92 Å². The third kappa shape index (κ3) is 2.57. The summed E-state index contributed by atoms with van der Waals surface area (Å²) in [7, 11) is 0. The Labute approximate surface area is 98.6 Å². The molecular formula is C13H24N2O. The van der Waals surface area contributed by atoms with Gasteiger partial charge in [-0.25, -0.2) is 0 Å². The van der Waals surface area contributed by atoms with E-state index in [1.807, 2.05) is 0 Å². The number of hydrogen-bond donors (Lipinski definition) is 1. The van der Waals surface area contributed by atoms with Gasteiger partial charge in [-0.3, -0.25) is 4.79 Å². The normalized spacial score (nSPS) is 36.1. The molecule has 3 nitrogen and oxygen atoms in total. The van der Waals surface area contributed by atoms with Gasteiger partial charge in [-0.15, -0.1) is 0 Å². The summed E-state index contributed by atoms with van der Waals surface area (Å²) in [6, 6.07) is 0.967. The minimum absolute atomic E-state index is 0.275. The van der Waals surface area contributed by atoms with Crippen molar-refractivity contribution in [2.75, 3.05) is 13.1 Å². The average Bonchev–Trinajstić information content (AvgIpc) is 2.29.